The van der Waals surface area contributed by atoms with Gasteiger partial charge in [0, 0.05) is 13.0 Å². The molecule has 0 radical (unpaired) electrons. The van der Waals surface area contributed by atoms with Crippen LogP contribution in [0.15, 0.2) is 30.3 Å². The molecule has 6 N–H and O–H groups in total. The van der Waals surface area contributed by atoms with E-state index < -0.39 is 54.0 Å². The Kier molecular flexibility index (Phi) is 10.0. The van der Waals surface area contributed by atoms with E-state index in [2.05, 4.69) is 10.6 Å². The van der Waals surface area contributed by atoms with E-state index in [4.69, 9.17) is 5.73 Å². The lowest BCUT2D eigenvalue weighted by Gasteiger charge is -2.29. The first-order valence-corrected chi connectivity index (χ1v) is 11.6. The molecule has 0 bridgehead atoms. The van der Waals surface area contributed by atoms with Crippen molar-refractivity contribution in [3.8, 4) is 0 Å². The van der Waals surface area contributed by atoms with E-state index in [0.717, 1.165) is 5.56 Å². The van der Waals surface area contributed by atoms with Crippen LogP contribution in [0.3, 0.4) is 0 Å². The van der Waals surface area contributed by atoms with Crippen LogP contribution in [0.5, 0.6) is 0 Å². The molecule has 1 saturated heterocycles. The lowest BCUT2D eigenvalue weighted by atomic mass is 10.0. The number of likely N-dealkylation sites (tertiary alicyclic amines) is 1. The normalized spacial score (nSPS) is 19.2. The number of carbonyl (C=O) groups is 4. The summed E-state index contributed by atoms with van der Waals surface area (Å²) in [5.41, 5.74) is 6.57. The average molecular weight is 477 g/mol. The molecule has 3 amide bonds. The van der Waals surface area contributed by atoms with Crippen LogP contribution in [0, 0.1) is 5.92 Å². The molecule has 0 aromatic heterocycles. The van der Waals surface area contributed by atoms with Crippen molar-refractivity contribution in [1.82, 2.24) is 15.5 Å². The molecule has 1 fully saturated rings. The van der Waals surface area contributed by atoms with Crippen molar-refractivity contribution in [1.29, 1.82) is 0 Å². The highest BCUT2D eigenvalue weighted by Gasteiger charge is 2.38. The highest BCUT2D eigenvalue weighted by molar-refractivity contribution is 5.94. The van der Waals surface area contributed by atoms with Crippen molar-refractivity contribution in [3.63, 3.8) is 0 Å². The summed E-state index contributed by atoms with van der Waals surface area (Å²) in [6, 6.07) is 4.96. The number of carboxylic acids is 1. The standard InChI is InChI=1S/C24H36N4O6/c1-14(2)12-18(24(33)34)27-21(30)17(13-16-8-5-4-6-9-16)26-22(31)19-10-7-11-28(19)23(32)20(25)15(3)29/h4-6,8-9,14-15,17-20,29H,7,10-13,25H2,1-3H3,(H,26,31)(H,27,30)(H,33,34). The molecule has 1 aromatic rings. The van der Waals surface area contributed by atoms with Gasteiger partial charge in [0.2, 0.25) is 17.7 Å². The van der Waals surface area contributed by atoms with E-state index >= 15 is 0 Å². The van der Waals surface area contributed by atoms with E-state index in [9.17, 15) is 29.4 Å². The van der Waals surface area contributed by atoms with Gasteiger partial charge in [0.05, 0.1) is 6.10 Å². The zero-order valence-corrected chi connectivity index (χ0v) is 19.9. The van der Waals surface area contributed by atoms with Crippen LogP contribution in [-0.4, -0.2) is 75.6 Å². The number of hydrogen-bond donors (Lipinski definition) is 5. The van der Waals surface area contributed by atoms with Gasteiger partial charge in [-0.2, -0.15) is 0 Å². The SMILES string of the molecule is CC(C)CC(NC(=O)C(Cc1ccccc1)NC(=O)C1CCCN1C(=O)C(N)C(C)O)C(=O)O. The Morgan fingerprint density at radius 1 is 1.09 bits per heavy atom. The fourth-order valence-corrected chi connectivity index (χ4v) is 3.99. The number of rotatable bonds is 11. The number of aliphatic carboxylic acids is 1. The third-order valence-corrected chi connectivity index (χ3v) is 5.88. The smallest absolute Gasteiger partial charge is 0.326 e. The number of nitrogens with zero attached hydrogens (tertiary/aromatic N) is 1. The van der Waals surface area contributed by atoms with E-state index in [1.54, 1.807) is 12.1 Å². The molecule has 0 aliphatic carbocycles. The predicted octanol–water partition coefficient (Wildman–Crippen LogP) is 0.0285. The number of carboxylic acid groups (broad SMARTS) is 1. The van der Waals surface area contributed by atoms with Gasteiger partial charge in [0.1, 0.15) is 24.2 Å². The Bertz CT molecular complexity index is 860. The Hall–Kier alpha value is -2.98. The van der Waals surface area contributed by atoms with E-state index in [-0.39, 0.29) is 18.8 Å². The zero-order valence-electron chi connectivity index (χ0n) is 19.9. The molecule has 10 nitrogen and oxygen atoms in total. The summed E-state index contributed by atoms with van der Waals surface area (Å²) in [7, 11) is 0. The molecule has 1 heterocycles. The van der Waals surface area contributed by atoms with Crippen molar-refractivity contribution in [2.45, 2.75) is 76.7 Å². The number of hydrogen-bond acceptors (Lipinski definition) is 6. The predicted molar refractivity (Wildman–Crippen MR) is 125 cm³/mol. The summed E-state index contributed by atoms with van der Waals surface area (Å²) >= 11 is 0. The minimum absolute atomic E-state index is 0.0414. The highest BCUT2D eigenvalue weighted by Crippen LogP contribution is 2.19. The highest BCUT2D eigenvalue weighted by atomic mass is 16.4. The lowest BCUT2D eigenvalue weighted by Crippen LogP contribution is -2.58. The molecule has 10 heteroatoms. The first kappa shape index (κ1) is 27.3. The summed E-state index contributed by atoms with van der Waals surface area (Å²) < 4.78 is 0. The topological polar surface area (TPSA) is 162 Å². The molecule has 0 spiro atoms. The summed E-state index contributed by atoms with van der Waals surface area (Å²) in [5.74, 6) is -2.76. The number of carbonyl (C=O) groups excluding carboxylic acids is 3. The molecule has 1 aliphatic heterocycles. The molecule has 5 atom stereocenters. The minimum Gasteiger partial charge on any atom is -0.480 e. The summed E-state index contributed by atoms with van der Waals surface area (Å²) in [4.78, 5) is 51.9. The molecule has 1 aliphatic rings. The van der Waals surface area contributed by atoms with Gasteiger partial charge in [0.25, 0.3) is 0 Å². The van der Waals surface area contributed by atoms with Crippen LogP contribution in [0.4, 0.5) is 0 Å². The lowest BCUT2D eigenvalue weighted by molar-refractivity contribution is -0.143. The Balaban J connectivity index is 2.20. The third-order valence-electron chi connectivity index (χ3n) is 5.88. The zero-order chi connectivity index (χ0) is 25.4. The van der Waals surface area contributed by atoms with Crippen LogP contribution in [-0.2, 0) is 25.6 Å². The number of amides is 3. The van der Waals surface area contributed by atoms with E-state index in [0.29, 0.717) is 19.4 Å². The average Bonchev–Trinajstić information content (AvgIpc) is 3.27. The Morgan fingerprint density at radius 3 is 2.29 bits per heavy atom. The first-order valence-electron chi connectivity index (χ1n) is 11.6. The summed E-state index contributed by atoms with van der Waals surface area (Å²) in [6.45, 7) is 5.44. The molecule has 1 aromatic carbocycles. The second kappa shape index (κ2) is 12.5. The Morgan fingerprint density at radius 2 is 1.74 bits per heavy atom. The fourth-order valence-electron chi connectivity index (χ4n) is 3.99. The number of aliphatic hydroxyl groups excluding tert-OH is 1. The minimum atomic E-state index is -1.15. The van der Waals surface area contributed by atoms with Crippen molar-refractivity contribution in [2.24, 2.45) is 11.7 Å². The van der Waals surface area contributed by atoms with Crippen molar-refractivity contribution < 1.29 is 29.4 Å². The molecule has 5 unspecified atom stereocenters. The van der Waals surface area contributed by atoms with E-state index in [1.807, 2.05) is 32.0 Å². The van der Waals surface area contributed by atoms with Crippen LogP contribution in [0.1, 0.15) is 45.6 Å². The van der Waals surface area contributed by atoms with Gasteiger partial charge in [0.15, 0.2) is 0 Å². The second-order valence-corrected chi connectivity index (χ2v) is 9.24. The van der Waals surface area contributed by atoms with Crippen LogP contribution in [0.25, 0.3) is 0 Å². The van der Waals surface area contributed by atoms with Gasteiger partial charge >= 0.3 is 5.97 Å². The number of benzene rings is 1. The summed E-state index contributed by atoms with van der Waals surface area (Å²) in [5, 5.41) is 24.4. The maximum Gasteiger partial charge on any atom is 0.326 e. The molecule has 188 valence electrons. The van der Waals surface area contributed by atoms with Gasteiger partial charge < -0.3 is 31.5 Å². The number of nitrogens with one attached hydrogen (secondary N) is 2. The van der Waals surface area contributed by atoms with Crippen LogP contribution in [0.2, 0.25) is 0 Å². The quantitative estimate of drug-likeness (QED) is 0.301. The number of aliphatic hydroxyl groups is 1. The fraction of sp³-hybridized carbons (Fsp3) is 0.583. The van der Waals surface area contributed by atoms with Gasteiger partial charge in [-0.15, -0.1) is 0 Å². The molecule has 0 saturated carbocycles. The monoisotopic (exact) mass is 476 g/mol. The van der Waals surface area contributed by atoms with Crippen LogP contribution >= 0.6 is 0 Å². The molecular weight excluding hydrogens is 440 g/mol. The van der Waals surface area contributed by atoms with Gasteiger partial charge in [-0.1, -0.05) is 44.2 Å². The Labute approximate surface area is 199 Å². The van der Waals surface area contributed by atoms with Crippen LogP contribution < -0.4 is 16.4 Å². The molecule has 34 heavy (non-hydrogen) atoms. The summed E-state index contributed by atoms with van der Waals surface area (Å²) in [6.07, 6.45) is 0.313. The van der Waals surface area contributed by atoms with Crippen molar-refractivity contribution >= 4 is 23.7 Å². The maximum absolute atomic E-state index is 13.2. The van der Waals surface area contributed by atoms with Crippen molar-refractivity contribution in [3.05, 3.63) is 35.9 Å². The van der Waals surface area contributed by atoms with Gasteiger partial charge in [-0.05, 0) is 37.7 Å². The number of nitrogens with two attached hydrogens (primary N) is 1. The maximum atomic E-state index is 13.2. The largest absolute Gasteiger partial charge is 0.480 e. The molecule has 2 rings (SSSR count). The second-order valence-electron chi connectivity index (χ2n) is 9.24. The van der Waals surface area contributed by atoms with Gasteiger partial charge in [-0.25, -0.2) is 4.79 Å². The van der Waals surface area contributed by atoms with Crippen molar-refractivity contribution in [2.75, 3.05) is 6.54 Å². The third kappa shape index (κ3) is 7.53. The van der Waals surface area contributed by atoms with E-state index in [1.165, 1.54) is 11.8 Å². The first-order chi connectivity index (χ1) is 16.0. The van der Waals surface area contributed by atoms with Gasteiger partial charge in [-0.3, -0.25) is 14.4 Å². The molecular formula is C24H36N4O6.